The van der Waals surface area contributed by atoms with Crippen LogP contribution in [0.3, 0.4) is 0 Å². The van der Waals surface area contributed by atoms with Crippen molar-refractivity contribution in [2.24, 2.45) is 0 Å². The van der Waals surface area contributed by atoms with E-state index in [-0.39, 0.29) is 0 Å². The fraction of sp³-hybridized carbons (Fsp3) is 0.500. The molecule has 0 aromatic rings. The smallest absolute Gasteiger partial charge is 0.337 e. The lowest BCUT2D eigenvalue weighted by Crippen LogP contribution is -1.92. The summed E-state index contributed by atoms with van der Waals surface area (Å²) in [6, 6.07) is 0. The Morgan fingerprint density at radius 2 is 1.80 bits per heavy atom. The molecule has 3 nitrogen and oxygen atoms in total. The predicted molar refractivity (Wildman–Crippen MR) is 14.1 cm³/mol. The van der Waals surface area contributed by atoms with Crippen LogP contribution in [0.15, 0.2) is 0 Å². The lowest BCUT2D eigenvalue weighted by atomic mass is 11.3. The van der Waals surface area contributed by atoms with E-state index >= 15 is 0 Å². The van der Waals surface area contributed by atoms with Crippen molar-refractivity contribution in [3.63, 3.8) is 0 Å². The molecule has 0 aromatic carbocycles. The van der Waals surface area contributed by atoms with Gasteiger partial charge in [0.25, 0.3) is 0 Å². The molecule has 5 heavy (non-hydrogen) atoms. The van der Waals surface area contributed by atoms with Gasteiger partial charge < -0.3 is 14.9 Å². The average Bonchev–Trinajstić information content (AvgIpc) is 1.38. The Hall–Kier alpha value is -0.120. The lowest BCUT2D eigenvalue weighted by Gasteiger charge is -1.89. The van der Waals surface area contributed by atoms with Crippen LogP contribution in [-0.4, -0.2) is 17.3 Å². The molecule has 1 radical (unpaired) electrons. The van der Waals surface area contributed by atoms with Gasteiger partial charge >= 0.3 is 6.48 Å². The molecule has 3 heteroatoms. The first kappa shape index (κ1) is 4.88. The van der Waals surface area contributed by atoms with Gasteiger partial charge in [-0.05, 0) is 0 Å². The van der Waals surface area contributed by atoms with Gasteiger partial charge in [-0.3, -0.25) is 0 Å². The molecule has 0 saturated carbocycles. The number of hydrogen-bond acceptors (Lipinski definition) is 3. The van der Waals surface area contributed by atoms with Crippen molar-refractivity contribution in [3.8, 4) is 0 Å². The van der Waals surface area contributed by atoms with E-state index in [1.54, 1.807) is 0 Å². The minimum absolute atomic E-state index is 0.995. The molecule has 0 bridgehead atoms. The molecule has 0 aliphatic rings. The molecule has 2 N–H and O–H groups in total. The van der Waals surface area contributed by atoms with Crippen LogP contribution in [0.1, 0.15) is 0 Å². The second-order valence-corrected chi connectivity index (χ2v) is 0.487. The molecule has 0 spiro atoms. The number of ether oxygens (including phenoxy) is 1. The van der Waals surface area contributed by atoms with Gasteiger partial charge in [-0.25, -0.2) is 0 Å². The fourth-order valence-corrected chi connectivity index (χ4v) is 0. The van der Waals surface area contributed by atoms with Gasteiger partial charge in [0.05, 0.1) is 0 Å². The SMILES string of the molecule is CO[C](O)O. The van der Waals surface area contributed by atoms with Crippen LogP contribution in [0.2, 0.25) is 0 Å². The van der Waals surface area contributed by atoms with Gasteiger partial charge in [-0.15, -0.1) is 0 Å². The van der Waals surface area contributed by atoms with Gasteiger partial charge in [0.2, 0.25) is 0 Å². The molecular weight excluding hydrogens is 72.0 g/mol. The highest BCUT2D eigenvalue weighted by Crippen LogP contribution is 1.79. The van der Waals surface area contributed by atoms with Gasteiger partial charge in [0, 0.05) is 7.11 Å². The molecule has 31 valence electrons. The molecule has 0 saturated heterocycles. The Morgan fingerprint density at radius 3 is 1.80 bits per heavy atom. The van der Waals surface area contributed by atoms with E-state index in [9.17, 15) is 0 Å². The van der Waals surface area contributed by atoms with Crippen molar-refractivity contribution < 1.29 is 14.9 Å². The van der Waals surface area contributed by atoms with Crippen molar-refractivity contribution >= 4 is 0 Å². The first-order chi connectivity index (χ1) is 2.27. The Kier molecular flexibility index (Phi) is 2.09. The fourth-order valence-electron chi connectivity index (χ4n) is 0. The maximum absolute atomic E-state index is 7.61. The molecule has 0 amide bonds. The van der Waals surface area contributed by atoms with Crippen LogP contribution in [-0.2, 0) is 4.74 Å². The zero-order chi connectivity index (χ0) is 4.28. The number of hydrogen-bond donors (Lipinski definition) is 2. The Labute approximate surface area is 29.8 Å². The maximum atomic E-state index is 7.61. The van der Waals surface area contributed by atoms with Crippen LogP contribution in [0.25, 0.3) is 0 Å². The molecule has 0 unspecified atom stereocenters. The molecule has 0 aliphatic heterocycles. The van der Waals surface area contributed by atoms with E-state index in [0.29, 0.717) is 0 Å². The Balaban J connectivity index is 2.54. The highest BCUT2D eigenvalue weighted by molar-refractivity contribution is 4.23. The predicted octanol–water partition coefficient (Wildman–Crippen LogP) is -0.175. The third kappa shape index (κ3) is 3.88. The topological polar surface area (TPSA) is 49.7 Å². The number of aliphatic hydroxyl groups excluding tert-OH is 1. The Bertz CT molecular complexity index is 18.9. The Morgan fingerprint density at radius 1 is 1.60 bits per heavy atom. The molecule has 0 atom stereocenters. The van der Waals surface area contributed by atoms with Crippen LogP contribution in [0.4, 0.5) is 0 Å². The van der Waals surface area contributed by atoms with E-state index < -0.39 is 6.48 Å². The van der Waals surface area contributed by atoms with E-state index in [1.165, 1.54) is 0 Å². The summed E-state index contributed by atoms with van der Waals surface area (Å²) in [6.45, 7) is -0.995. The van der Waals surface area contributed by atoms with Crippen molar-refractivity contribution in [2.45, 2.75) is 0 Å². The van der Waals surface area contributed by atoms with Crippen LogP contribution in [0.5, 0.6) is 0 Å². The second-order valence-electron chi connectivity index (χ2n) is 0.487. The third-order valence-electron chi connectivity index (χ3n) is 0.183. The van der Waals surface area contributed by atoms with Gasteiger partial charge in [-0.2, -0.15) is 0 Å². The standard InChI is InChI=1S/C2H5O3/c1-5-2(3)4/h3-4H,1H3. The van der Waals surface area contributed by atoms with Crippen LogP contribution < -0.4 is 0 Å². The lowest BCUT2D eigenvalue weighted by molar-refractivity contribution is -0.103. The van der Waals surface area contributed by atoms with E-state index in [0.717, 1.165) is 7.11 Å². The molecule has 0 rings (SSSR count). The zero-order valence-corrected chi connectivity index (χ0v) is 2.80. The third-order valence-corrected chi connectivity index (χ3v) is 0.183. The minimum Gasteiger partial charge on any atom is -0.337 e. The first-order valence-corrected chi connectivity index (χ1v) is 1.06. The van der Waals surface area contributed by atoms with Crippen LogP contribution in [0, 0.1) is 6.48 Å². The number of aliphatic hydroxyl groups is 2. The first-order valence-electron chi connectivity index (χ1n) is 1.06. The number of methoxy groups -OCH3 is 1. The summed E-state index contributed by atoms with van der Waals surface area (Å²) in [6.07, 6.45) is 0. The summed E-state index contributed by atoms with van der Waals surface area (Å²) in [5.41, 5.74) is 0. The second kappa shape index (κ2) is 2.14. The summed E-state index contributed by atoms with van der Waals surface area (Å²) in [4.78, 5) is 0. The van der Waals surface area contributed by atoms with Crippen molar-refractivity contribution in [1.29, 1.82) is 0 Å². The van der Waals surface area contributed by atoms with Crippen molar-refractivity contribution in [1.82, 2.24) is 0 Å². The highest BCUT2D eigenvalue weighted by atomic mass is 16.7. The summed E-state index contributed by atoms with van der Waals surface area (Å²) >= 11 is 0. The van der Waals surface area contributed by atoms with Gasteiger partial charge in [0.15, 0.2) is 0 Å². The average molecular weight is 77.1 g/mol. The highest BCUT2D eigenvalue weighted by Gasteiger charge is 1.88. The van der Waals surface area contributed by atoms with Crippen molar-refractivity contribution in [3.05, 3.63) is 6.48 Å². The number of rotatable bonds is 1. The quantitative estimate of drug-likeness (QED) is 0.456. The molecule has 0 heterocycles. The molecular formula is C2H5O3. The summed E-state index contributed by atoms with van der Waals surface area (Å²) in [5, 5.41) is 15.2. The summed E-state index contributed by atoms with van der Waals surface area (Å²) in [5.74, 6) is 0. The minimum atomic E-state index is -0.995. The molecule has 0 aromatic heterocycles. The van der Waals surface area contributed by atoms with Crippen LogP contribution >= 0.6 is 0 Å². The van der Waals surface area contributed by atoms with E-state index in [4.69, 9.17) is 10.2 Å². The van der Waals surface area contributed by atoms with E-state index in [2.05, 4.69) is 4.74 Å². The molecule has 0 aliphatic carbocycles. The summed E-state index contributed by atoms with van der Waals surface area (Å²) < 4.78 is 3.78. The normalized spacial score (nSPS) is 9.60. The maximum Gasteiger partial charge on any atom is 0.364 e. The van der Waals surface area contributed by atoms with Gasteiger partial charge in [-0.1, -0.05) is 0 Å². The zero-order valence-electron chi connectivity index (χ0n) is 2.80. The van der Waals surface area contributed by atoms with Gasteiger partial charge in [0.1, 0.15) is 0 Å². The van der Waals surface area contributed by atoms with E-state index in [1.807, 2.05) is 0 Å². The summed E-state index contributed by atoms with van der Waals surface area (Å²) in [7, 11) is 1.16. The monoisotopic (exact) mass is 77.0 g/mol. The molecule has 0 fully saturated rings. The largest absolute Gasteiger partial charge is 0.364 e. The van der Waals surface area contributed by atoms with Crippen molar-refractivity contribution in [2.75, 3.05) is 7.11 Å².